The summed E-state index contributed by atoms with van der Waals surface area (Å²) in [5.74, 6) is 0. The maximum atomic E-state index is 9.79. The molecule has 3 N–H and O–H groups in total. The van der Waals surface area contributed by atoms with Gasteiger partial charge in [0, 0.05) is 19.6 Å². The summed E-state index contributed by atoms with van der Waals surface area (Å²) in [4.78, 5) is 0. The molecule has 6 heteroatoms. The minimum absolute atomic E-state index is 0.179. The summed E-state index contributed by atoms with van der Waals surface area (Å²) in [6, 6.07) is 0. The predicted octanol–water partition coefficient (Wildman–Crippen LogP) is -1.92. The van der Waals surface area contributed by atoms with Crippen molar-refractivity contribution in [1.82, 2.24) is 5.32 Å². The second kappa shape index (κ2) is 6.94. The highest BCUT2D eigenvalue weighted by atomic mass is 32.2. The Bertz CT molecular complexity index is 128. The van der Waals surface area contributed by atoms with E-state index >= 15 is 0 Å². The van der Waals surface area contributed by atoms with Gasteiger partial charge in [-0.1, -0.05) is 0 Å². The molecule has 0 radical (unpaired) electrons. The molecule has 0 bridgehead atoms. The van der Waals surface area contributed by atoms with Crippen molar-refractivity contribution in [1.29, 1.82) is 0 Å². The average molecular weight is 168 g/mol. The highest BCUT2D eigenvalue weighted by Gasteiger charge is 1.86. The highest BCUT2D eigenvalue weighted by Crippen LogP contribution is 1.69. The smallest absolute Gasteiger partial charge is 0.257 e. The van der Waals surface area contributed by atoms with Gasteiger partial charge in [0.15, 0.2) is 0 Å². The first-order valence-corrected chi connectivity index (χ1v) is 4.05. The number of rotatable bonds is 6. The molecule has 0 aromatic carbocycles. The molecule has 62 valence electrons. The highest BCUT2D eigenvalue weighted by molar-refractivity contribution is 7.67. The van der Waals surface area contributed by atoms with E-state index in [1.165, 1.54) is 0 Å². The van der Waals surface area contributed by atoms with Gasteiger partial charge < -0.3 is 11.1 Å². The van der Waals surface area contributed by atoms with Gasteiger partial charge in [-0.05, 0) is 0 Å². The maximum absolute atomic E-state index is 9.79. The molecule has 0 saturated carbocycles. The monoisotopic (exact) mass is 168 g/mol. The van der Waals surface area contributed by atoms with E-state index in [-0.39, 0.29) is 6.61 Å². The lowest BCUT2D eigenvalue weighted by molar-refractivity contribution is 0.330. The third-order valence-corrected chi connectivity index (χ3v) is 1.19. The molecule has 0 amide bonds. The van der Waals surface area contributed by atoms with Crippen LogP contribution in [0, 0.1) is 0 Å². The zero-order chi connectivity index (χ0) is 7.82. The number of thiol groups is 1. The van der Waals surface area contributed by atoms with Crippen molar-refractivity contribution >= 4 is 11.0 Å². The topological polar surface area (TPSA) is 81.4 Å². The van der Waals surface area contributed by atoms with E-state index in [1.807, 2.05) is 0 Å². The lowest BCUT2D eigenvalue weighted by Gasteiger charge is -1.98. The number of hydrogen-bond acceptors (Lipinski definition) is 5. The Labute approximate surface area is 61.7 Å². The Kier molecular flexibility index (Phi) is 6.83. The minimum atomic E-state index is -2.69. The Morgan fingerprint density at radius 1 is 1.40 bits per heavy atom. The van der Waals surface area contributed by atoms with Gasteiger partial charge in [0.25, 0.3) is 11.0 Å². The van der Waals surface area contributed by atoms with Crippen molar-refractivity contribution in [2.24, 2.45) is 5.73 Å². The Morgan fingerprint density at radius 2 is 2.10 bits per heavy atom. The van der Waals surface area contributed by atoms with Crippen LogP contribution in [0.3, 0.4) is 0 Å². The molecule has 0 fully saturated rings. The molecule has 0 unspecified atom stereocenters. The first-order chi connectivity index (χ1) is 4.77. The molecule has 0 atom stereocenters. The summed E-state index contributed by atoms with van der Waals surface area (Å²) in [5, 5.41) is 2.87. The van der Waals surface area contributed by atoms with Crippen molar-refractivity contribution in [2.45, 2.75) is 0 Å². The van der Waals surface area contributed by atoms with Crippen LogP contribution in [0.5, 0.6) is 0 Å². The van der Waals surface area contributed by atoms with E-state index in [0.29, 0.717) is 19.6 Å². The van der Waals surface area contributed by atoms with Gasteiger partial charge in [-0.25, -0.2) is 8.42 Å². The summed E-state index contributed by atoms with van der Waals surface area (Å²) in [6.45, 7) is 1.92. The SMILES string of the molecule is NCCNCCO[SH](=O)=O. The third kappa shape index (κ3) is 7.83. The van der Waals surface area contributed by atoms with Crippen molar-refractivity contribution < 1.29 is 12.6 Å². The van der Waals surface area contributed by atoms with E-state index < -0.39 is 11.0 Å². The predicted molar refractivity (Wildman–Crippen MR) is 38.2 cm³/mol. The lowest BCUT2D eigenvalue weighted by atomic mass is 10.6. The van der Waals surface area contributed by atoms with Crippen LogP contribution in [0.4, 0.5) is 0 Å². The second-order valence-corrected chi connectivity index (χ2v) is 2.30. The molecule has 0 spiro atoms. The van der Waals surface area contributed by atoms with Crippen LogP contribution < -0.4 is 11.1 Å². The molecule has 0 aliphatic carbocycles. The standard InChI is InChI=1S/C4H12N2O3S/c5-1-2-6-3-4-9-10(7)8/h6,10H,1-5H2. The van der Waals surface area contributed by atoms with Gasteiger partial charge in [-0.15, -0.1) is 0 Å². The molecule has 0 aromatic rings. The quantitative estimate of drug-likeness (QED) is 0.318. The molecular formula is C4H12N2O3S. The van der Waals surface area contributed by atoms with Gasteiger partial charge in [0.2, 0.25) is 0 Å². The van der Waals surface area contributed by atoms with E-state index in [4.69, 9.17) is 5.73 Å². The van der Waals surface area contributed by atoms with Crippen LogP contribution in [-0.2, 0) is 15.2 Å². The van der Waals surface area contributed by atoms with Gasteiger partial charge in [0.05, 0.1) is 6.61 Å². The molecule has 5 nitrogen and oxygen atoms in total. The van der Waals surface area contributed by atoms with Gasteiger partial charge in [-0.2, -0.15) is 0 Å². The van der Waals surface area contributed by atoms with Crippen molar-refractivity contribution in [3.63, 3.8) is 0 Å². The van der Waals surface area contributed by atoms with Crippen molar-refractivity contribution in [3.05, 3.63) is 0 Å². The maximum Gasteiger partial charge on any atom is 0.257 e. The van der Waals surface area contributed by atoms with E-state index in [1.54, 1.807) is 0 Å². The van der Waals surface area contributed by atoms with E-state index in [0.717, 1.165) is 0 Å². The zero-order valence-corrected chi connectivity index (χ0v) is 6.47. The largest absolute Gasteiger partial charge is 0.329 e. The third-order valence-electron chi connectivity index (χ3n) is 0.797. The van der Waals surface area contributed by atoms with Crippen LogP contribution in [0.15, 0.2) is 0 Å². The number of nitrogens with two attached hydrogens (primary N) is 1. The molecule has 0 rings (SSSR count). The van der Waals surface area contributed by atoms with Gasteiger partial charge in [0.1, 0.15) is 0 Å². The molecule has 0 aliphatic rings. The first-order valence-electron chi connectivity index (χ1n) is 2.95. The molecule has 0 heterocycles. The zero-order valence-electron chi connectivity index (χ0n) is 5.58. The lowest BCUT2D eigenvalue weighted by Crippen LogP contribution is -2.25. The number of hydrogen-bond donors (Lipinski definition) is 3. The Balaban J connectivity index is 2.91. The van der Waals surface area contributed by atoms with Crippen LogP contribution in [0.1, 0.15) is 0 Å². The van der Waals surface area contributed by atoms with Gasteiger partial charge in [-0.3, -0.25) is 4.18 Å². The Hall–Kier alpha value is -0.170. The second-order valence-electron chi connectivity index (χ2n) is 1.60. The molecule has 0 aromatic heterocycles. The normalized spacial score (nSPS) is 10.6. The molecule has 10 heavy (non-hydrogen) atoms. The van der Waals surface area contributed by atoms with E-state index in [2.05, 4.69) is 9.50 Å². The first kappa shape index (κ1) is 9.83. The van der Waals surface area contributed by atoms with Crippen LogP contribution in [0.2, 0.25) is 0 Å². The summed E-state index contributed by atoms with van der Waals surface area (Å²) in [7, 11) is -2.69. The minimum Gasteiger partial charge on any atom is -0.329 e. The van der Waals surface area contributed by atoms with Crippen molar-refractivity contribution in [2.75, 3.05) is 26.2 Å². The fourth-order valence-electron chi connectivity index (χ4n) is 0.419. The average Bonchev–Trinajstić information content (AvgIpc) is 1.87. The summed E-state index contributed by atoms with van der Waals surface area (Å²) < 4.78 is 23.8. The fourth-order valence-corrected chi connectivity index (χ4v) is 0.660. The van der Waals surface area contributed by atoms with Crippen molar-refractivity contribution in [3.8, 4) is 0 Å². The van der Waals surface area contributed by atoms with E-state index in [9.17, 15) is 8.42 Å². The summed E-state index contributed by atoms with van der Waals surface area (Å²) >= 11 is 0. The summed E-state index contributed by atoms with van der Waals surface area (Å²) in [5.41, 5.74) is 5.15. The number of nitrogens with one attached hydrogen (secondary N) is 1. The van der Waals surface area contributed by atoms with Gasteiger partial charge >= 0.3 is 0 Å². The molecule has 0 saturated heterocycles. The Morgan fingerprint density at radius 3 is 2.60 bits per heavy atom. The summed E-state index contributed by atoms with van der Waals surface area (Å²) in [6.07, 6.45) is 0. The van der Waals surface area contributed by atoms with Crippen LogP contribution >= 0.6 is 0 Å². The van der Waals surface area contributed by atoms with Crippen LogP contribution in [-0.4, -0.2) is 34.7 Å². The molecular weight excluding hydrogens is 156 g/mol. The fraction of sp³-hybridized carbons (Fsp3) is 1.00. The van der Waals surface area contributed by atoms with Crippen LogP contribution in [0.25, 0.3) is 0 Å². The molecule has 0 aliphatic heterocycles.